The summed E-state index contributed by atoms with van der Waals surface area (Å²) in [6.45, 7) is 0. The van der Waals surface area contributed by atoms with Crippen molar-refractivity contribution in [2.75, 3.05) is 0 Å². The number of benzene rings is 7. The van der Waals surface area contributed by atoms with Gasteiger partial charge in [-0.2, -0.15) is 0 Å². The number of hydrogen-bond acceptors (Lipinski definition) is 1. The van der Waals surface area contributed by atoms with E-state index in [0.29, 0.717) is 0 Å². The smallest absolute Gasteiger partial charge is 0.0723 e. The molecule has 4 fully saturated rings. The summed E-state index contributed by atoms with van der Waals surface area (Å²) in [4.78, 5) is 4.68. The van der Waals surface area contributed by atoms with Gasteiger partial charge in [-0.3, -0.25) is 4.98 Å². The Morgan fingerprint density at radius 1 is 0.431 bits per heavy atom. The molecule has 0 radical (unpaired) electrons. The van der Waals surface area contributed by atoms with Crippen LogP contribution < -0.4 is 0 Å². The van der Waals surface area contributed by atoms with Crippen molar-refractivity contribution >= 4 is 54.5 Å². The lowest BCUT2D eigenvalue weighted by atomic mass is 9.43. The summed E-state index contributed by atoms with van der Waals surface area (Å²) in [7, 11) is 0. The maximum atomic E-state index is 4.68. The molecule has 276 valence electrons. The van der Waals surface area contributed by atoms with E-state index in [2.05, 4.69) is 166 Å². The maximum Gasteiger partial charge on any atom is 0.0723 e. The summed E-state index contributed by atoms with van der Waals surface area (Å²) < 4.78 is 4.97. The lowest BCUT2D eigenvalue weighted by Crippen LogP contribution is -2.55. The van der Waals surface area contributed by atoms with Crippen LogP contribution >= 0.6 is 0 Å². The lowest BCUT2D eigenvalue weighted by Gasteiger charge is -2.61. The molecule has 3 nitrogen and oxygen atoms in total. The molecule has 1 spiro atoms. The Labute approximate surface area is 337 Å². The first-order valence-electron chi connectivity index (χ1n) is 21.4. The molecule has 10 aromatic rings. The van der Waals surface area contributed by atoms with E-state index < -0.39 is 0 Å². The van der Waals surface area contributed by atoms with E-state index >= 15 is 0 Å². The molecule has 3 aromatic heterocycles. The Bertz CT molecular complexity index is 3340. The zero-order valence-corrected chi connectivity index (χ0v) is 32.3. The molecule has 7 aromatic carbocycles. The molecule has 0 amide bonds. The number of fused-ring (bicyclic) bond motifs is 10. The molecule has 0 unspecified atom stereocenters. The predicted molar refractivity (Wildman–Crippen MR) is 239 cm³/mol. The normalized spacial score (nSPS) is 22.9. The molecule has 4 saturated carbocycles. The van der Waals surface area contributed by atoms with Gasteiger partial charge in [-0.25, -0.2) is 0 Å². The van der Waals surface area contributed by atoms with Gasteiger partial charge in [-0.1, -0.05) is 84.9 Å². The molecular formula is C55H41N3. The van der Waals surface area contributed by atoms with Crippen LogP contribution in [0.1, 0.15) is 43.2 Å². The minimum absolute atomic E-state index is 0.146. The average Bonchev–Trinajstić information content (AvgIpc) is 3.88. The first-order valence-corrected chi connectivity index (χ1v) is 21.4. The van der Waals surface area contributed by atoms with Crippen molar-refractivity contribution in [3.8, 4) is 33.6 Å². The molecule has 5 aliphatic rings. The van der Waals surface area contributed by atoms with Gasteiger partial charge < -0.3 is 9.13 Å². The van der Waals surface area contributed by atoms with Crippen LogP contribution in [0.2, 0.25) is 0 Å². The van der Waals surface area contributed by atoms with E-state index in [0.717, 1.165) is 40.3 Å². The van der Waals surface area contributed by atoms with Crippen LogP contribution in [0, 0.1) is 23.7 Å². The van der Waals surface area contributed by atoms with Gasteiger partial charge in [0.25, 0.3) is 0 Å². The largest absolute Gasteiger partial charge is 0.309 e. The quantitative estimate of drug-likeness (QED) is 0.177. The van der Waals surface area contributed by atoms with Gasteiger partial charge in [-0.05, 0) is 162 Å². The zero-order valence-electron chi connectivity index (χ0n) is 32.3. The van der Waals surface area contributed by atoms with E-state index in [1.807, 2.05) is 12.3 Å². The minimum Gasteiger partial charge on any atom is -0.309 e. The predicted octanol–water partition coefficient (Wildman–Crippen LogP) is 13.8. The SMILES string of the molecule is c1ccc2c(c1)-c1ccc(-n3c4ccccc4c4cc(-c5ccc6c(c5)c5ccccc5n6-c5cccc6ncccc56)ccc43)cc1C21C2CC3CC(C2)CC1C3. The van der Waals surface area contributed by atoms with Gasteiger partial charge in [-0.15, -0.1) is 0 Å². The van der Waals surface area contributed by atoms with Crippen molar-refractivity contribution in [2.24, 2.45) is 23.7 Å². The Morgan fingerprint density at radius 3 is 1.78 bits per heavy atom. The zero-order chi connectivity index (χ0) is 37.7. The molecule has 15 rings (SSSR count). The third kappa shape index (κ3) is 4.02. The van der Waals surface area contributed by atoms with Gasteiger partial charge >= 0.3 is 0 Å². The van der Waals surface area contributed by atoms with Crippen molar-refractivity contribution in [2.45, 2.75) is 37.5 Å². The Hall–Kier alpha value is -6.45. The lowest BCUT2D eigenvalue weighted by molar-refractivity contribution is -0.0399. The summed E-state index contributed by atoms with van der Waals surface area (Å²) >= 11 is 0. The highest BCUT2D eigenvalue weighted by Crippen LogP contribution is 2.69. The topological polar surface area (TPSA) is 22.8 Å². The molecular weight excluding hydrogens is 703 g/mol. The monoisotopic (exact) mass is 743 g/mol. The van der Waals surface area contributed by atoms with Crippen molar-refractivity contribution in [1.29, 1.82) is 0 Å². The fourth-order valence-electron chi connectivity index (χ4n) is 13.4. The fraction of sp³-hybridized carbons (Fsp3) is 0.182. The standard InChI is InChI=1S/C55H41N3/c1-4-13-47-40(9-1)41-21-20-39(32-48(41)55(47)37-26-33-25-34(28-37)29-38(55)27-33)57-50-15-5-2-10-42(50)45-30-35(18-22-53(45)57)36-19-23-54-46(31-36)43-11-3-6-16-51(43)58(54)52-17-7-14-49-44(52)12-8-24-56-49/h1-24,30-34,37-38H,25-29H2. The van der Waals surface area contributed by atoms with E-state index in [1.54, 1.807) is 11.1 Å². The van der Waals surface area contributed by atoms with Gasteiger partial charge in [0.05, 0.1) is 33.3 Å². The molecule has 0 saturated heterocycles. The first-order chi connectivity index (χ1) is 28.7. The number of rotatable bonds is 3. The number of nitrogens with zero attached hydrogens (tertiary/aromatic N) is 3. The van der Waals surface area contributed by atoms with Crippen LogP contribution in [-0.2, 0) is 5.41 Å². The molecule has 0 aliphatic heterocycles. The number of pyridine rings is 1. The highest BCUT2D eigenvalue weighted by molar-refractivity contribution is 6.13. The Kier molecular flexibility index (Phi) is 6.19. The van der Waals surface area contributed by atoms with Crippen LogP contribution in [0.5, 0.6) is 0 Å². The Balaban J connectivity index is 0.939. The third-order valence-electron chi connectivity index (χ3n) is 15.3. The summed E-state index contributed by atoms with van der Waals surface area (Å²) in [6.07, 6.45) is 8.95. The molecule has 3 heterocycles. The van der Waals surface area contributed by atoms with Crippen LogP contribution in [0.15, 0.2) is 164 Å². The van der Waals surface area contributed by atoms with Crippen LogP contribution in [0.3, 0.4) is 0 Å². The van der Waals surface area contributed by atoms with Gasteiger partial charge in [0.15, 0.2) is 0 Å². The summed E-state index contributed by atoms with van der Waals surface area (Å²) in [5.74, 6) is 3.36. The first kappa shape index (κ1) is 31.6. The maximum absolute atomic E-state index is 4.68. The third-order valence-corrected chi connectivity index (χ3v) is 15.3. The van der Waals surface area contributed by atoms with Crippen molar-refractivity contribution < 1.29 is 0 Å². The summed E-state index contributed by atoms with van der Waals surface area (Å²) in [5.41, 5.74) is 17.2. The molecule has 4 bridgehead atoms. The van der Waals surface area contributed by atoms with Gasteiger partial charge in [0.2, 0.25) is 0 Å². The second-order valence-electron chi connectivity index (χ2n) is 18.0. The minimum atomic E-state index is 0.146. The highest BCUT2D eigenvalue weighted by Gasteiger charge is 2.61. The number of hydrogen-bond donors (Lipinski definition) is 0. The van der Waals surface area contributed by atoms with E-state index in [-0.39, 0.29) is 5.41 Å². The molecule has 5 aliphatic carbocycles. The number of para-hydroxylation sites is 2. The van der Waals surface area contributed by atoms with E-state index in [1.165, 1.54) is 104 Å². The van der Waals surface area contributed by atoms with Crippen molar-refractivity contribution in [1.82, 2.24) is 14.1 Å². The average molecular weight is 744 g/mol. The second kappa shape index (κ2) is 11.4. The van der Waals surface area contributed by atoms with Gasteiger partial charge in [0, 0.05) is 44.2 Å². The molecule has 0 N–H and O–H groups in total. The summed E-state index contributed by atoms with van der Waals surface area (Å²) in [5, 5.41) is 6.27. The Morgan fingerprint density at radius 2 is 1.03 bits per heavy atom. The van der Waals surface area contributed by atoms with Crippen molar-refractivity contribution in [3.05, 3.63) is 175 Å². The van der Waals surface area contributed by atoms with E-state index in [4.69, 9.17) is 0 Å². The highest BCUT2D eigenvalue weighted by atomic mass is 15.0. The fourth-order valence-corrected chi connectivity index (χ4v) is 13.4. The van der Waals surface area contributed by atoms with E-state index in [9.17, 15) is 0 Å². The summed E-state index contributed by atoms with van der Waals surface area (Å²) in [6, 6.07) is 59.7. The second-order valence-corrected chi connectivity index (χ2v) is 18.0. The molecule has 58 heavy (non-hydrogen) atoms. The van der Waals surface area contributed by atoms with Crippen LogP contribution in [-0.4, -0.2) is 14.1 Å². The number of aromatic nitrogens is 3. The van der Waals surface area contributed by atoms with Crippen molar-refractivity contribution in [3.63, 3.8) is 0 Å². The van der Waals surface area contributed by atoms with Crippen LogP contribution in [0.4, 0.5) is 0 Å². The molecule has 0 atom stereocenters. The van der Waals surface area contributed by atoms with Crippen LogP contribution in [0.25, 0.3) is 88.1 Å². The van der Waals surface area contributed by atoms with Gasteiger partial charge in [0.1, 0.15) is 0 Å². The molecule has 3 heteroatoms.